The second-order valence-electron chi connectivity index (χ2n) is 4.96. The fraction of sp³-hybridized carbons (Fsp3) is 0.176. The van der Waals surface area contributed by atoms with Gasteiger partial charge < -0.3 is 4.74 Å². The van der Waals surface area contributed by atoms with Crippen LogP contribution in [0.1, 0.15) is 22.3 Å². The Bertz CT molecular complexity index is 781. The normalized spacial score (nSPS) is 10.8. The highest BCUT2D eigenvalue weighted by Crippen LogP contribution is 2.37. The summed E-state index contributed by atoms with van der Waals surface area (Å²) in [6.07, 6.45) is -5.57. The van der Waals surface area contributed by atoms with Crippen molar-refractivity contribution in [2.24, 2.45) is 0 Å². The van der Waals surface area contributed by atoms with Crippen LogP contribution in [0.25, 0.3) is 0 Å². The number of nitriles is 1. The molecule has 2 aromatic rings. The second-order valence-corrected chi connectivity index (χ2v) is 4.96. The highest BCUT2D eigenvalue weighted by molar-refractivity contribution is 5.86. The number of nitrogens with one attached hydrogen (secondary N) is 1. The maximum Gasteiger partial charge on any atom is 0.418 e. The van der Waals surface area contributed by atoms with Gasteiger partial charge in [0.25, 0.3) is 0 Å². The number of rotatable bonds is 3. The molecule has 0 atom stereocenters. The molecule has 0 aliphatic heterocycles. The van der Waals surface area contributed by atoms with Gasteiger partial charge in [-0.05, 0) is 30.2 Å². The average molecular weight is 334 g/mol. The minimum atomic E-state index is -4.69. The molecule has 0 saturated heterocycles. The molecule has 124 valence electrons. The van der Waals surface area contributed by atoms with Crippen LogP contribution in [-0.2, 0) is 17.5 Å². The molecule has 1 amide bonds. The number of carbonyl (C=O) groups excluding carboxylic acids is 1. The van der Waals surface area contributed by atoms with Gasteiger partial charge in [-0.15, -0.1) is 0 Å². The van der Waals surface area contributed by atoms with Crippen LogP contribution in [0.5, 0.6) is 0 Å². The predicted octanol–water partition coefficient (Wildman–Crippen LogP) is 4.63. The van der Waals surface area contributed by atoms with Gasteiger partial charge in [0.15, 0.2) is 0 Å². The number of anilines is 1. The van der Waals surface area contributed by atoms with Gasteiger partial charge in [0.05, 0.1) is 17.2 Å². The van der Waals surface area contributed by atoms with Crippen molar-refractivity contribution >= 4 is 11.8 Å². The molecule has 0 bridgehead atoms. The van der Waals surface area contributed by atoms with Crippen molar-refractivity contribution in [1.82, 2.24) is 0 Å². The van der Waals surface area contributed by atoms with Crippen molar-refractivity contribution in [3.05, 3.63) is 64.7 Å². The van der Waals surface area contributed by atoms with Crippen molar-refractivity contribution < 1.29 is 22.7 Å². The lowest BCUT2D eigenvalue weighted by atomic mass is 10.0. The summed E-state index contributed by atoms with van der Waals surface area (Å²) in [5.74, 6) is 0. The van der Waals surface area contributed by atoms with E-state index in [2.05, 4.69) is 5.32 Å². The first-order valence-electron chi connectivity index (χ1n) is 6.91. The lowest BCUT2D eigenvalue weighted by Crippen LogP contribution is -2.17. The maximum absolute atomic E-state index is 13.1. The molecular formula is C17H13F3N2O2. The summed E-state index contributed by atoms with van der Waals surface area (Å²) < 4.78 is 44.2. The van der Waals surface area contributed by atoms with Gasteiger partial charge in [-0.2, -0.15) is 18.4 Å². The summed E-state index contributed by atoms with van der Waals surface area (Å²) in [7, 11) is 0. The van der Waals surface area contributed by atoms with Crippen molar-refractivity contribution in [3.8, 4) is 6.07 Å². The quantitative estimate of drug-likeness (QED) is 0.890. The number of halogens is 3. The van der Waals surface area contributed by atoms with E-state index in [1.165, 1.54) is 19.1 Å². The number of carbonyl (C=O) groups is 1. The van der Waals surface area contributed by atoms with Crippen LogP contribution in [0.4, 0.5) is 23.7 Å². The molecule has 0 aliphatic rings. The third-order valence-electron chi connectivity index (χ3n) is 3.32. The summed E-state index contributed by atoms with van der Waals surface area (Å²) in [4.78, 5) is 11.8. The van der Waals surface area contributed by atoms with Gasteiger partial charge in [0, 0.05) is 5.69 Å². The lowest BCUT2D eigenvalue weighted by molar-refractivity contribution is -0.138. The van der Waals surface area contributed by atoms with Crippen LogP contribution >= 0.6 is 0 Å². The molecular weight excluding hydrogens is 321 g/mol. The van der Waals surface area contributed by atoms with Crippen LogP contribution in [0.15, 0.2) is 42.5 Å². The Labute approximate surface area is 136 Å². The van der Waals surface area contributed by atoms with E-state index in [0.29, 0.717) is 0 Å². The smallest absolute Gasteiger partial charge is 0.418 e. The molecule has 0 radical (unpaired) electrons. The highest BCUT2D eigenvalue weighted by atomic mass is 19.4. The molecule has 0 aliphatic carbocycles. The number of hydrogen-bond donors (Lipinski definition) is 1. The Balaban J connectivity index is 2.15. The third-order valence-corrected chi connectivity index (χ3v) is 3.32. The predicted molar refractivity (Wildman–Crippen MR) is 81.1 cm³/mol. The minimum absolute atomic E-state index is 0.00583. The fourth-order valence-corrected chi connectivity index (χ4v) is 2.17. The zero-order chi connectivity index (χ0) is 17.7. The lowest BCUT2D eigenvalue weighted by Gasteiger charge is -2.16. The van der Waals surface area contributed by atoms with Gasteiger partial charge >= 0.3 is 12.3 Å². The van der Waals surface area contributed by atoms with Crippen molar-refractivity contribution in [3.63, 3.8) is 0 Å². The summed E-state index contributed by atoms with van der Waals surface area (Å²) in [6, 6.07) is 12.6. The third kappa shape index (κ3) is 4.04. The first-order chi connectivity index (χ1) is 11.3. The molecule has 0 fully saturated rings. The Hall–Kier alpha value is -3.01. The van der Waals surface area contributed by atoms with E-state index in [9.17, 15) is 18.0 Å². The highest BCUT2D eigenvalue weighted by Gasteiger charge is 2.36. The molecule has 0 heterocycles. The first kappa shape index (κ1) is 17.3. The van der Waals surface area contributed by atoms with E-state index in [0.717, 1.165) is 11.6 Å². The standard InChI is InChI=1S/C17H13F3N2O2/c1-11-14(8-7-13(9-21)15(11)17(18,19)20)22-16(23)24-10-12-5-3-2-4-6-12/h2-8H,10H2,1H3,(H,22,23). The largest absolute Gasteiger partial charge is 0.444 e. The number of amides is 1. The molecule has 1 N–H and O–H groups in total. The summed E-state index contributed by atoms with van der Waals surface area (Å²) in [5.41, 5.74) is -1.10. The number of nitrogens with zero attached hydrogens (tertiary/aromatic N) is 1. The average Bonchev–Trinajstić information content (AvgIpc) is 2.54. The zero-order valence-electron chi connectivity index (χ0n) is 12.6. The monoisotopic (exact) mass is 334 g/mol. The van der Waals surface area contributed by atoms with Gasteiger partial charge in [-0.1, -0.05) is 30.3 Å². The molecule has 0 unspecified atom stereocenters. The molecule has 7 heteroatoms. The number of alkyl halides is 3. The van der Waals surface area contributed by atoms with Gasteiger partial charge in [-0.3, -0.25) is 5.32 Å². The van der Waals surface area contributed by atoms with E-state index < -0.39 is 23.4 Å². The van der Waals surface area contributed by atoms with Crippen LogP contribution in [0, 0.1) is 18.3 Å². The molecule has 2 aromatic carbocycles. The van der Waals surface area contributed by atoms with Crippen molar-refractivity contribution in [1.29, 1.82) is 5.26 Å². The van der Waals surface area contributed by atoms with Crippen molar-refractivity contribution in [2.75, 3.05) is 5.32 Å². The molecule has 0 aromatic heterocycles. The van der Waals surface area contributed by atoms with Gasteiger partial charge in [0.2, 0.25) is 0 Å². The van der Waals surface area contributed by atoms with E-state index in [4.69, 9.17) is 10.00 Å². The number of hydrogen-bond acceptors (Lipinski definition) is 3. The SMILES string of the molecule is Cc1c(NC(=O)OCc2ccccc2)ccc(C#N)c1C(F)(F)F. The van der Waals surface area contributed by atoms with E-state index in [1.807, 2.05) is 6.07 Å². The topological polar surface area (TPSA) is 62.1 Å². The van der Waals surface area contributed by atoms with E-state index in [1.54, 1.807) is 24.3 Å². The van der Waals surface area contributed by atoms with Gasteiger partial charge in [0.1, 0.15) is 6.61 Å². The molecule has 2 rings (SSSR count). The molecule has 0 spiro atoms. The van der Waals surface area contributed by atoms with Gasteiger partial charge in [-0.25, -0.2) is 4.79 Å². The first-order valence-corrected chi connectivity index (χ1v) is 6.91. The molecule has 4 nitrogen and oxygen atoms in total. The number of ether oxygens (including phenoxy) is 1. The zero-order valence-corrected chi connectivity index (χ0v) is 12.6. The second kappa shape index (κ2) is 7.04. The van der Waals surface area contributed by atoms with E-state index >= 15 is 0 Å². The van der Waals surface area contributed by atoms with Crippen LogP contribution in [0.3, 0.4) is 0 Å². The van der Waals surface area contributed by atoms with Crippen LogP contribution < -0.4 is 5.32 Å². The Morgan fingerprint density at radius 2 is 1.88 bits per heavy atom. The maximum atomic E-state index is 13.1. The van der Waals surface area contributed by atoms with Crippen molar-refractivity contribution in [2.45, 2.75) is 19.7 Å². The van der Waals surface area contributed by atoms with E-state index in [-0.39, 0.29) is 17.9 Å². The minimum Gasteiger partial charge on any atom is -0.444 e. The Kier molecular flexibility index (Phi) is 5.09. The molecule has 0 saturated carbocycles. The summed E-state index contributed by atoms with van der Waals surface area (Å²) in [5, 5.41) is 11.1. The Morgan fingerprint density at radius 3 is 2.46 bits per heavy atom. The summed E-state index contributed by atoms with van der Waals surface area (Å²) in [6.45, 7) is 1.19. The number of benzene rings is 2. The molecule has 24 heavy (non-hydrogen) atoms. The van der Waals surface area contributed by atoms with Crippen LogP contribution in [-0.4, -0.2) is 6.09 Å². The summed E-state index contributed by atoms with van der Waals surface area (Å²) >= 11 is 0. The van der Waals surface area contributed by atoms with Crippen LogP contribution in [0.2, 0.25) is 0 Å². The Morgan fingerprint density at radius 1 is 1.21 bits per heavy atom. The fourth-order valence-electron chi connectivity index (χ4n) is 2.17.